The number of aryl methyl sites for hydroxylation is 2. The summed E-state index contributed by atoms with van der Waals surface area (Å²) in [4.78, 5) is 19.3. The molecule has 0 aliphatic heterocycles. The molecular formula is C15H18N2O. The van der Waals surface area contributed by atoms with E-state index in [4.69, 9.17) is 0 Å². The third kappa shape index (κ3) is 2.21. The zero-order valence-electron chi connectivity index (χ0n) is 11.1. The van der Waals surface area contributed by atoms with Gasteiger partial charge in [-0.25, -0.2) is 4.98 Å². The molecule has 2 aromatic rings. The van der Waals surface area contributed by atoms with Crippen molar-refractivity contribution >= 4 is 0 Å². The van der Waals surface area contributed by atoms with Gasteiger partial charge in [0.25, 0.3) is 5.56 Å². The number of nitrogens with zero attached hydrogens (tertiary/aromatic N) is 1. The number of hydrogen-bond donors (Lipinski definition) is 1. The van der Waals surface area contributed by atoms with Gasteiger partial charge >= 0.3 is 0 Å². The van der Waals surface area contributed by atoms with Crippen molar-refractivity contribution in [3.05, 3.63) is 51.4 Å². The zero-order valence-corrected chi connectivity index (χ0v) is 11.1. The van der Waals surface area contributed by atoms with Crippen LogP contribution >= 0.6 is 0 Å². The van der Waals surface area contributed by atoms with E-state index in [1.54, 1.807) is 0 Å². The molecule has 0 spiro atoms. The number of rotatable bonds is 3. The first kappa shape index (κ1) is 12.6. The van der Waals surface area contributed by atoms with Crippen molar-refractivity contribution in [2.45, 2.75) is 33.6 Å². The summed E-state index contributed by atoms with van der Waals surface area (Å²) in [5.74, 6) is 0.680. The normalized spacial score (nSPS) is 10.6. The van der Waals surface area contributed by atoms with Gasteiger partial charge < -0.3 is 4.98 Å². The molecule has 1 N–H and O–H groups in total. The Bertz CT molecular complexity index is 614. The summed E-state index contributed by atoms with van der Waals surface area (Å²) in [5, 5.41) is 0. The number of aromatic amines is 1. The second-order valence-corrected chi connectivity index (χ2v) is 4.35. The minimum Gasteiger partial charge on any atom is -0.306 e. The van der Waals surface area contributed by atoms with Gasteiger partial charge in [-0.05, 0) is 25.3 Å². The number of benzene rings is 1. The quantitative estimate of drug-likeness (QED) is 0.899. The highest BCUT2D eigenvalue weighted by Gasteiger charge is 2.09. The third-order valence-corrected chi connectivity index (χ3v) is 3.24. The van der Waals surface area contributed by atoms with Gasteiger partial charge in [0, 0.05) is 11.1 Å². The summed E-state index contributed by atoms with van der Waals surface area (Å²) >= 11 is 0. The largest absolute Gasteiger partial charge is 0.306 e. The van der Waals surface area contributed by atoms with Crippen molar-refractivity contribution in [3.63, 3.8) is 0 Å². The molecular weight excluding hydrogens is 224 g/mol. The van der Waals surface area contributed by atoms with E-state index < -0.39 is 0 Å². The Morgan fingerprint density at radius 1 is 1.17 bits per heavy atom. The monoisotopic (exact) mass is 242 g/mol. The summed E-state index contributed by atoms with van der Waals surface area (Å²) in [6.07, 6.45) is 1.70. The first-order valence-electron chi connectivity index (χ1n) is 6.35. The average Bonchev–Trinajstić information content (AvgIpc) is 2.41. The molecule has 0 aliphatic rings. The Labute approximate surface area is 107 Å². The highest BCUT2D eigenvalue weighted by atomic mass is 16.1. The third-order valence-electron chi connectivity index (χ3n) is 3.24. The summed E-state index contributed by atoms with van der Waals surface area (Å²) < 4.78 is 0. The summed E-state index contributed by atoms with van der Waals surface area (Å²) in [6, 6.07) is 8.06. The molecule has 0 radical (unpaired) electrons. The number of hydrogen-bond acceptors (Lipinski definition) is 2. The van der Waals surface area contributed by atoms with E-state index in [0.717, 1.165) is 29.7 Å². The van der Waals surface area contributed by atoms with Gasteiger partial charge in [0.1, 0.15) is 5.82 Å². The van der Waals surface area contributed by atoms with Gasteiger partial charge in [-0.15, -0.1) is 0 Å². The fraction of sp³-hybridized carbons (Fsp3) is 0.333. The molecule has 0 unspecified atom stereocenters. The predicted molar refractivity (Wildman–Crippen MR) is 73.8 cm³/mol. The van der Waals surface area contributed by atoms with Crippen LogP contribution in [0.5, 0.6) is 0 Å². The SMILES string of the molecule is CCc1ccccc1-c1nc(CC)c(C)c(=O)[nH]1. The highest BCUT2D eigenvalue weighted by molar-refractivity contribution is 5.60. The van der Waals surface area contributed by atoms with E-state index in [0.29, 0.717) is 5.82 Å². The molecule has 0 bridgehead atoms. The van der Waals surface area contributed by atoms with Crippen LogP contribution in [0.1, 0.15) is 30.7 Å². The summed E-state index contributed by atoms with van der Waals surface area (Å²) in [6.45, 7) is 5.94. The predicted octanol–water partition coefficient (Wildman–Crippen LogP) is 2.87. The van der Waals surface area contributed by atoms with Gasteiger partial charge in [-0.1, -0.05) is 38.1 Å². The fourth-order valence-electron chi connectivity index (χ4n) is 2.11. The molecule has 1 heterocycles. The summed E-state index contributed by atoms with van der Waals surface area (Å²) in [7, 11) is 0. The first-order chi connectivity index (χ1) is 8.67. The van der Waals surface area contributed by atoms with Crippen molar-refractivity contribution in [1.82, 2.24) is 9.97 Å². The molecule has 2 rings (SSSR count). The van der Waals surface area contributed by atoms with Gasteiger partial charge in [0.2, 0.25) is 0 Å². The Morgan fingerprint density at radius 3 is 2.56 bits per heavy atom. The van der Waals surface area contributed by atoms with Gasteiger partial charge in [0.15, 0.2) is 0 Å². The number of aromatic nitrogens is 2. The van der Waals surface area contributed by atoms with Crippen LogP contribution in [0, 0.1) is 6.92 Å². The second-order valence-electron chi connectivity index (χ2n) is 4.35. The maximum absolute atomic E-state index is 11.9. The molecule has 18 heavy (non-hydrogen) atoms. The molecule has 0 saturated carbocycles. The van der Waals surface area contributed by atoms with Crippen LogP contribution in [0.3, 0.4) is 0 Å². The van der Waals surface area contributed by atoms with Crippen molar-refractivity contribution in [1.29, 1.82) is 0 Å². The van der Waals surface area contributed by atoms with Crippen LogP contribution in [0.25, 0.3) is 11.4 Å². The van der Waals surface area contributed by atoms with E-state index in [-0.39, 0.29) is 5.56 Å². The van der Waals surface area contributed by atoms with Crippen LogP contribution in [-0.2, 0) is 12.8 Å². The first-order valence-corrected chi connectivity index (χ1v) is 6.35. The van der Waals surface area contributed by atoms with Gasteiger partial charge in [0.05, 0.1) is 5.69 Å². The Balaban J connectivity index is 2.64. The van der Waals surface area contributed by atoms with Gasteiger partial charge in [-0.3, -0.25) is 4.79 Å². The van der Waals surface area contributed by atoms with E-state index in [1.165, 1.54) is 5.56 Å². The molecule has 0 fully saturated rings. The van der Waals surface area contributed by atoms with Crippen LogP contribution in [0.15, 0.2) is 29.1 Å². The standard InChI is InChI=1S/C15H18N2O/c1-4-11-8-6-7-9-12(11)14-16-13(5-2)10(3)15(18)17-14/h6-9H,4-5H2,1-3H3,(H,16,17,18). The molecule has 94 valence electrons. The molecule has 3 nitrogen and oxygen atoms in total. The van der Waals surface area contributed by atoms with E-state index in [2.05, 4.69) is 23.0 Å². The van der Waals surface area contributed by atoms with Crippen LogP contribution in [-0.4, -0.2) is 9.97 Å². The number of H-pyrrole nitrogens is 1. The lowest BCUT2D eigenvalue weighted by Gasteiger charge is -2.09. The van der Waals surface area contributed by atoms with Crippen molar-refractivity contribution in [2.75, 3.05) is 0 Å². The number of nitrogens with one attached hydrogen (secondary N) is 1. The van der Waals surface area contributed by atoms with Crippen molar-refractivity contribution < 1.29 is 0 Å². The van der Waals surface area contributed by atoms with Crippen LogP contribution < -0.4 is 5.56 Å². The maximum atomic E-state index is 11.9. The van der Waals surface area contributed by atoms with E-state index in [9.17, 15) is 4.79 Å². The van der Waals surface area contributed by atoms with E-state index >= 15 is 0 Å². The Morgan fingerprint density at radius 2 is 1.89 bits per heavy atom. The molecule has 1 aromatic carbocycles. The lowest BCUT2D eigenvalue weighted by atomic mass is 10.0. The van der Waals surface area contributed by atoms with E-state index in [1.807, 2.05) is 32.0 Å². The molecule has 0 atom stereocenters. The molecule has 0 saturated heterocycles. The highest BCUT2D eigenvalue weighted by Crippen LogP contribution is 2.20. The lowest BCUT2D eigenvalue weighted by molar-refractivity contribution is 0.951. The fourth-order valence-corrected chi connectivity index (χ4v) is 2.11. The van der Waals surface area contributed by atoms with Crippen LogP contribution in [0.2, 0.25) is 0 Å². The Hall–Kier alpha value is -1.90. The molecule has 0 aliphatic carbocycles. The van der Waals surface area contributed by atoms with Gasteiger partial charge in [-0.2, -0.15) is 0 Å². The lowest BCUT2D eigenvalue weighted by Crippen LogP contribution is -2.16. The maximum Gasteiger partial charge on any atom is 0.254 e. The smallest absolute Gasteiger partial charge is 0.254 e. The van der Waals surface area contributed by atoms with Crippen LogP contribution in [0.4, 0.5) is 0 Å². The minimum atomic E-state index is -0.0391. The average molecular weight is 242 g/mol. The topological polar surface area (TPSA) is 45.8 Å². The van der Waals surface area contributed by atoms with Crippen molar-refractivity contribution in [2.24, 2.45) is 0 Å². The summed E-state index contributed by atoms with van der Waals surface area (Å²) in [5.41, 5.74) is 3.77. The molecule has 1 aromatic heterocycles. The Kier molecular flexibility index (Phi) is 3.60. The zero-order chi connectivity index (χ0) is 13.1. The molecule has 0 amide bonds. The van der Waals surface area contributed by atoms with Crippen molar-refractivity contribution in [3.8, 4) is 11.4 Å². The molecule has 3 heteroatoms. The minimum absolute atomic E-state index is 0.0391. The second kappa shape index (κ2) is 5.17.